The number of hydrogen-bond donors (Lipinski definition) is 2. The van der Waals surface area contributed by atoms with Crippen molar-refractivity contribution in [1.82, 2.24) is 4.90 Å². The van der Waals surface area contributed by atoms with Gasteiger partial charge >= 0.3 is 0 Å². The smallest absolute Gasteiger partial charge is 0.110 e. The van der Waals surface area contributed by atoms with Crippen molar-refractivity contribution in [3.8, 4) is 0 Å². The predicted octanol–water partition coefficient (Wildman–Crippen LogP) is -1.04. The zero-order chi connectivity index (χ0) is 9.05. The highest BCUT2D eigenvalue weighted by molar-refractivity contribution is 5.13. The second-order valence-corrected chi connectivity index (χ2v) is 4.45. The van der Waals surface area contributed by atoms with Gasteiger partial charge in [0, 0.05) is 6.54 Å². The van der Waals surface area contributed by atoms with E-state index < -0.39 is 12.2 Å². The van der Waals surface area contributed by atoms with Gasteiger partial charge in [-0.2, -0.15) is 0 Å². The van der Waals surface area contributed by atoms with E-state index in [1.165, 1.54) is 0 Å². The zero-order valence-electron chi connectivity index (χ0n) is 7.52. The Morgan fingerprint density at radius 2 is 2.15 bits per heavy atom. The van der Waals surface area contributed by atoms with Gasteiger partial charge in [0.15, 0.2) is 0 Å². The van der Waals surface area contributed by atoms with E-state index in [1.807, 2.05) is 0 Å². The minimum atomic E-state index is -0.609. The summed E-state index contributed by atoms with van der Waals surface area (Å²) in [6.07, 6.45) is 0.973. The van der Waals surface area contributed by atoms with Crippen molar-refractivity contribution in [3.63, 3.8) is 0 Å². The van der Waals surface area contributed by atoms with Crippen LogP contribution in [0.15, 0.2) is 0 Å². The Balaban J connectivity index is 1.88. The summed E-state index contributed by atoms with van der Waals surface area (Å²) in [6.45, 7) is 2.36. The predicted molar refractivity (Wildman–Crippen MR) is 45.3 cm³/mol. The Labute approximate surface area is 77.1 Å². The van der Waals surface area contributed by atoms with Crippen LogP contribution in [0.25, 0.3) is 0 Å². The SMILES string of the molecule is O[C@@H]1[C@H](O)CN2CCC[C@]3(CO3)[C@H]12. The minimum Gasteiger partial charge on any atom is -0.389 e. The lowest BCUT2D eigenvalue weighted by Crippen LogP contribution is -2.51. The fourth-order valence-corrected chi connectivity index (χ4v) is 2.90. The van der Waals surface area contributed by atoms with Gasteiger partial charge in [-0.25, -0.2) is 0 Å². The molecule has 3 saturated heterocycles. The summed E-state index contributed by atoms with van der Waals surface area (Å²) in [5.74, 6) is 0. The van der Waals surface area contributed by atoms with Crippen LogP contribution in [-0.2, 0) is 4.74 Å². The molecule has 3 fully saturated rings. The maximum Gasteiger partial charge on any atom is 0.110 e. The Hall–Kier alpha value is -0.160. The molecule has 3 aliphatic heterocycles. The molecule has 4 heteroatoms. The first-order chi connectivity index (χ1) is 6.23. The largest absolute Gasteiger partial charge is 0.389 e. The third-order valence-corrected chi connectivity index (χ3v) is 3.63. The summed E-state index contributed by atoms with van der Waals surface area (Å²) < 4.78 is 5.46. The van der Waals surface area contributed by atoms with Crippen molar-refractivity contribution >= 4 is 0 Å². The standard InChI is InChI=1S/C9H15NO3/c11-6-4-10-3-1-2-9(5-13-9)8(10)7(6)12/h6-8,11-12H,1-5H2/t6-,7-,8+,9+/m1/s1. The van der Waals surface area contributed by atoms with Crippen LogP contribution in [0, 0.1) is 0 Å². The molecule has 0 unspecified atom stereocenters. The van der Waals surface area contributed by atoms with Crippen LogP contribution < -0.4 is 0 Å². The quantitative estimate of drug-likeness (QED) is 0.473. The molecule has 0 aromatic rings. The molecule has 0 aromatic heterocycles. The first-order valence-corrected chi connectivity index (χ1v) is 4.97. The zero-order valence-corrected chi connectivity index (χ0v) is 7.52. The summed E-state index contributed by atoms with van der Waals surface area (Å²) in [5.41, 5.74) is -0.102. The molecular formula is C9H15NO3. The van der Waals surface area contributed by atoms with Crippen LogP contribution in [0.5, 0.6) is 0 Å². The van der Waals surface area contributed by atoms with Gasteiger partial charge in [0.05, 0.1) is 24.9 Å². The summed E-state index contributed by atoms with van der Waals surface area (Å²) >= 11 is 0. The average molecular weight is 185 g/mol. The van der Waals surface area contributed by atoms with E-state index in [0.717, 1.165) is 26.0 Å². The molecule has 0 saturated carbocycles. The molecule has 13 heavy (non-hydrogen) atoms. The van der Waals surface area contributed by atoms with Crippen LogP contribution >= 0.6 is 0 Å². The van der Waals surface area contributed by atoms with Crippen molar-refractivity contribution in [1.29, 1.82) is 0 Å². The van der Waals surface area contributed by atoms with Gasteiger partial charge in [0.2, 0.25) is 0 Å². The van der Waals surface area contributed by atoms with Gasteiger partial charge < -0.3 is 14.9 Å². The topological polar surface area (TPSA) is 56.2 Å². The highest BCUT2D eigenvalue weighted by Crippen LogP contribution is 2.45. The maximum absolute atomic E-state index is 9.80. The van der Waals surface area contributed by atoms with Gasteiger partial charge in [-0.1, -0.05) is 0 Å². The Morgan fingerprint density at radius 1 is 1.38 bits per heavy atom. The highest BCUT2D eigenvalue weighted by atomic mass is 16.6. The maximum atomic E-state index is 9.80. The molecule has 2 N–H and O–H groups in total. The van der Waals surface area contributed by atoms with E-state index in [-0.39, 0.29) is 11.6 Å². The lowest BCUT2D eigenvalue weighted by Gasteiger charge is -2.35. The molecule has 3 heterocycles. The van der Waals surface area contributed by atoms with E-state index in [0.29, 0.717) is 6.54 Å². The number of aliphatic hydroxyl groups excluding tert-OH is 2. The van der Waals surface area contributed by atoms with Crippen LogP contribution in [0.4, 0.5) is 0 Å². The Morgan fingerprint density at radius 3 is 2.85 bits per heavy atom. The van der Waals surface area contributed by atoms with Crippen LogP contribution in [0.3, 0.4) is 0 Å². The summed E-state index contributed by atoms with van der Waals surface area (Å²) in [5, 5.41) is 19.3. The first kappa shape index (κ1) is 8.17. The molecule has 0 bridgehead atoms. The second kappa shape index (κ2) is 2.45. The minimum absolute atomic E-state index is 0.0521. The molecule has 0 radical (unpaired) electrons. The number of nitrogens with zero attached hydrogens (tertiary/aromatic N) is 1. The summed E-state index contributed by atoms with van der Waals surface area (Å²) in [7, 11) is 0. The van der Waals surface area contributed by atoms with Crippen molar-refractivity contribution in [2.24, 2.45) is 0 Å². The van der Waals surface area contributed by atoms with Gasteiger partial charge in [0.1, 0.15) is 5.60 Å². The van der Waals surface area contributed by atoms with Crippen molar-refractivity contribution in [3.05, 3.63) is 0 Å². The highest BCUT2D eigenvalue weighted by Gasteiger charge is 2.61. The number of rotatable bonds is 0. The van der Waals surface area contributed by atoms with Crippen LogP contribution in [0.2, 0.25) is 0 Å². The Bertz CT molecular complexity index is 229. The van der Waals surface area contributed by atoms with Gasteiger partial charge in [0.25, 0.3) is 0 Å². The molecule has 4 nitrogen and oxygen atoms in total. The first-order valence-electron chi connectivity index (χ1n) is 4.97. The number of fused-ring (bicyclic) bond motifs is 2. The summed E-state index contributed by atoms with van der Waals surface area (Å²) in [4.78, 5) is 2.17. The number of piperidine rings is 1. The number of ether oxygens (including phenoxy) is 1. The molecule has 1 spiro atoms. The molecule has 0 amide bonds. The van der Waals surface area contributed by atoms with Crippen molar-refractivity contribution < 1.29 is 14.9 Å². The van der Waals surface area contributed by atoms with Gasteiger partial charge in [-0.15, -0.1) is 0 Å². The number of aliphatic hydroxyl groups is 2. The number of hydrogen-bond acceptors (Lipinski definition) is 4. The molecule has 0 aromatic carbocycles. The molecule has 3 aliphatic rings. The van der Waals surface area contributed by atoms with E-state index in [1.54, 1.807) is 0 Å². The molecule has 3 rings (SSSR count). The van der Waals surface area contributed by atoms with E-state index in [9.17, 15) is 10.2 Å². The van der Waals surface area contributed by atoms with Gasteiger partial charge in [-0.05, 0) is 19.4 Å². The normalized spacial score (nSPS) is 55.4. The molecule has 0 aliphatic carbocycles. The van der Waals surface area contributed by atoms with E-state index >= 15 is 0 Å². The second-order valence-electron chi connectivity index (χ2n) is 4.45. The Kier molecular flexibility index (Phi) is 1.54. The monoisotopic (exact) mass is 185 g/mol. The lowest BCUT2D eigenvalue weighted by molar-refractivity contribution is 0.000199. The van der Waals surface area contributed by atoms with E-state index in [4.69, 9.17) is 4.74 Å². The third-order valence-electron chi connectivity index (χ3n) is 3.63. The van der Waals surface area contributed by atoms with Gasteiger partial charge in [-0.3, -0.25) is 4.90 Å². The third kappa shape index (κ3) is 1.00. The average Bonchev–Trinajstić information content (AvgIpc) is 2.78. The van der Waals surface area contributed by atoms with Crippen LogP contribution in [-0.4, -0.2) is 58.7 Å². The van der Waals surface area contributed by atoms with E-state index in [2.05, 4.69) is 4.90 Å². The lowest BCUT2D eigenvalue weighted by atomic mass is 9.88. The molecule has 4 atom stereocenters. The van der Waals surface area contributed by atoms with Crippen molar-refractivity contribution in [2.75, 3.05) is 19.7 Å². The summed E-state index contributed by atoms with van der Waals surface area (Å²) in [6, 6.07) is 0.0521. The number of epoxide rings is 1. The molecule has 74 valence electrons. The fraction of sp³-hybridized carbons (Fsp3) is 1.00. The van der Waals surface area contributed by atoms with Crippen LogP contribution in [0.1, 0.15) is 12.8 Å². The fourth-order valence-electron chi connectivity index (χ4n) is 2.90. The molecular weight excluding hydrogens is 170 g/mol. The van der Waals surface area contributed by atoms with Crippen molar-refractivity contribution in [2.45, 2.75) is 36.7 Å².